The van der Waals surface area contributed by atoms with Crippen LogP contribution in [0.2, 0.25) is 0 Å². The van der Waals surface area contributed by atoms with Gasteiger partial charge in [-0.25, -0.2) is 4.98 Å². The molecule has 0 saturated carbocycles. The number of nitrogens with zero attached hydrogens (tertiary/aromatic N) is 2. The van der Waals surface area contributed by atoms with Gasteiger partial charge in [0.15, 0.2) is 0 Å². The molecule has 102 valence electrons. The summed E-state index contributed by atoms with van der Waals surface area (Å²) in [5.74, 6) is 0.973. The predicted molar refractivity (Wildman–Crippen MR) is 84.4 cm³/mol. The summed E-state index contributed by atoms with van der Waals surface area (Å²) in [6.45, 7) is 6.52. The van der Waals surface area contributed by atoms with E-state index < -0.39 is 0 Å². The second-order valence-corrected chi connectivity index (χ2v) is 6.49. The van der Waals surface area contributed by atoms with Crippen molar-refractivity contribution in [3.8, 4) is 0 Å². The lowest BCUT2D eigenvalue weighted by Crippen LogP contribution is -2.11. The lowest BCUT2D eigenvalue weighted by Gasteiger charge is -2.16. The Morgan fingerprint density at radius 3 is 2.47 bits per heavy atom. The van der Waals surface area contributed by atoms with Crippen molar-refractivity contribution in [3.05, 3.63) is 39.7 Å². The van der Waals surface area contributed by atoms with Crippen molar-refractivity contribution in [2.75, 3.05) is 24.3 Å². The van der Waals surface area contributed by atoms with Gasteiger partial charge in [-0.3, -0.25) is 0 Å². The molecule has 0 saturated heterocycles. The van der Waals surface area contributed by atoms with E-state index in [1.54, 1.807) is 0 Å². The van der Waals surface area contributed by atoms with Crippen molar-refractivity contribution in [2.45, 2.75) is 26.8 Å². The molecule has 2 aromatic heterocycles. The van der Waals surface area contributed by atoms with Crippen molar-refractivity contribution in [1.82, 2.24) is 4.98 Å². The molecule has 1 N–H and O–H groups in total. The summed E-state index contributed by atoms with van der Waals surface area (Å²) >= 11 is 1.85. The number of rotatable bonds is 4. The van der Waals surface area contributed by atoms with E-state index in [-0.39, 0.29) is 0 Å². The first kappa shape index (κ1) is 13.9. The van der Waals surface area contributed by atoms with Gasteiger partial charge in [-0.05, 0) is 44.5 Å². The Morgan fingerprint density at radius 1 is 1.26 bits per heavy atom. The topological polar surface area (TPSA) is 28.2 Å². The van der Waals surface area contributed by atoms with Crippen molar-refractivity contribution in [1.29, 1.82) is 0 Å². The molecule has 19 heavy (non-hydrogen) atoms. The zero-order valence-electron chi connectivity index (χ0n) is 12.2. The fourth-order valence-electron chi connectivity index (χ4n) is 2.14. The minimum absolute atomic E-state index is 0.303. The van der Waals surface area contributed by atoms with E-state index in [2.05, 4.69) is 43.2 Å². The molecule has 0 fully saturated rings. The van der Waals surface area contributed by atoms with Gasteiger partial charge in [-0.1, -0.05) is 0 Å². The van der Waals surface area contributed by atoms with Crippen LogP contribution >= 0.6 is 11.3 Å². The van der Waals surface area contributed by atoms with Gasteiger partial charge < -0.3 is 10.2 Å². The highest BCUT2D eigenvalue weighted by Gasteiger charge is 2.11. The summed E-state index contributed by atoms with van der Waals surface area (Å²) in [4.78, 5) is 9.17. The molecule has 1 atom stereocenters. The van der Waals surface area contributed by atoms with Gasteiger partial charge >= 0.3 is 0 Å². The van der Waals surface area contributed by atoms with Gasteiger partial charge in [0.25, 0.3) is 0 Å². The Kier molecular flexibility index (Phi) is 4.10. The zero-order valence-corrected chi connectivity index (χ0v) is 13.0. The van der Waals surface area contributed by atoms with Crippen LogP contribution in [0.15, 0.2) is 24.4 Å². The smallest absolute Gasteiger partial charge is 0.128 e. The average molecular weight is 275 g/mol. The van der Waals surface area contributed by atoms with Crippen LogP contribution in [0, 0.1) is 13.8 Å². The molecule has 4 heteroatoms. The second kappa shape index (κ2) is 5.61. The summed E-state index contributed by atoms with van der Waals surface area (Å²) in [5.41, 5.74) is 2.43. The van der Waals surface area contributed by atoms with Crippen LogP contribution in [-0.2, 0) is 0 Å². The zero-order chi connectivity index (χ0) is 14.0. The Morgan fingerprint density at radius 2 is 2.00 bits per heavy atom. The maximum absolute atomic E-state index is 4.42. The number of thiophene rings is 1. The van der Waals surface area contributed by atoms with Crippen molar-refractivity contribution < 1.29 is 0 Å². The number of nitrogens with one attached hydrogen (secondary N) is 1. The summed E-state index contributed by atoms with van der Waals surface area (Å²) in [5, 5.41) is 3.50. The minimum atomic E-state index is 0.303. The van der Waals surface area contributed by atoms with E-state index >= 15 is 0 Å². The average Bonchev–Trinajstić information content (AvgIpc) is 2.69. The monoisotopic (exact) mass is 275 g/mol. The highest BCUT2D eigenvalue weighted by molar-refractivity contribution is 7.12. The van der Waals surface area contributed by atoms with Crippen molar-refractivity contribution in [3.63, 3.8) is 0 Å². The highest BCUT2D eigenvalue weighted by atomic mass is 32.1. The van der Waals surface area contributed by atoms with Crippen LogP contribution in [0.1, 0.15) is 28.3 Å². The molecular weight excluding hydrogens is 254 g/mol. The molecule has 0 aliphatic carbocycles. The fourth-order valence-corrected chi connectivity index (χ4v) is 3.17. The van der Waals surface area contributed by atoms with E-state index in [4.69, 9.17) is 0 Å². The van der Waals surface area contributed by atoms with Crippen LogP contribution in [0.5, 0.6) is 0 Å². The lowest BCUT2D eigenvalue weighted by atomic mass is 10.1. The Hall–Kier alpha value is -1.55. The molecule has 1 unspecified atom stereocenters. The van der Waals surface area contributed by atoms with Gasteiger partial charge in [0.05, 0.1) is 11.9 Å². The molecule has 3 nitrogen and oxygen atoms in total. The third-order valence-electron chi connectivity index (χ3n) is 3.14. The summed E-state index contributed by atoms with van der Waals surface area (Å²) < 4.78 is 0. The highest BCUT2D eigenvalue weighted by Crippen LogP contribution is 2.28. The predicted octanol–water partition coefficient (Wildman–Crippen LogP) is 4.00. The Bertz CT molecular complexity index is 543. The van der Waals surface area contributed by atoms with Crippen LogP contribution in [0.3, 0.4) is 0 Å². The van der Waals surface area contributed by atoms with Crippen molar-refractivity contribution >= 4 is 22.8 Å². The van der Waals surface area contributed by atoms with E-state index in [1.165, 1.54) is 15.3 Å². The van der Waals surface area contributed by atoms with Gasteiger partial charge in [0.2, 0.25) is 0 Å². The largest absolute Gasteiger partial charge is 0.377 e. The van der Waals surface area contributed by atoms with Crippen LogP contribution < -0.4 is 10.2 Å². The van der Waals surface area contributed by atoms with Crippen molar-refractivity contribution in [2.24, 2.45) is 0 Å². The standard InChI is InChI=1S/C15H21N3S/c1-10-8-14(12(3)19-10)11(2)17-13-6-7-15(16-9-13)18(4)5/h6-9,11,17H,1-5H3. The SMILES string of the molecule is Cc1cc(C(C)Nc2ccc(N(C)C)nc2)c(C)s1. The van der Waals surface area contributed by atoms with E-state index in [1.807, 2.05) is 42.6 Å². The molecule has 2 aromatic rings. The molecule has 2 rings (SSSR count). The molecule has 0 aromatic carbocycles. The molecule has 0 aliphatic heterocycles. The maximum atomic E-state index is 4.42. The molecule has 0 radical (unpaired) electrons. The van der Waals surface area contributed by atoms with Crippen LogP contribution in [-0.4, -0.2) is 19.1 Å². The molecular formula is C15H21N3S. The Labute approximate surface area is 119 Å². The van der Waals surface area contributed by atoms with E-state index in [0.717, 1.165) is 11.5 Å². The quantitative estimate of drug-likeness (QED) is 0.914. The van der Waals surface area contributed by atoms with Crippen LogP contribution in [0.4, 0.5) is 11.5 Å². The number of anilines is 2. The molecule has 0 spiro atoms. The second-order valence-electron chi connectivity index (χ2n) is 5.03. The molecule has 0 bridgehead atoms. The number of aromatic nitrogens is 1. The number of pyridine rings is 1. The maximum Gasteiger partial charge on any atom is 0.128 e. The van der Waals surface area contributed by atoms with E-state index in [9.17, 15) is 0 Å². The van der Waals surface area contributed by atoms with Gasteiger partial charge in [-0.15, -0.1) is 11.3 Å². The third kappa shape index (κ3) is 3.26. The number of aryl methyl sites for hydroxylation is 2. The summed E-state index contributed by atoms with van der Waals surface area (Å²) in [6, 6.07) is 6.67. The molecule has 0 aliphatic rings. The molecule has 2 heterocycles. The summed E-state index contributed by atoms with van der Waals surface area (Å²) in [6.07, 6.45) is 1.89. The van der Waals surface area contributed by atoms with Gasteiger partial charge in [0.1, 0.15) is 5.82 Å². The third-order valence-corrected chi connectivity index (χ3v) is 4.12. The number of hydrogen-bond donors (Lipinski definition) is 1. The summed E-state index contributed by atoms with van der Waals surface area (Å²) in [7, 11) is 3.99. The van der Waals surface area contributed by atoms with Crippen LogP contribution in [0.25, 0.3) is 0 Å². The number of hydrogen-bond acceptors (Lipinski definition) is 4. The lowest BCUT2D eigenvalue weighted by molar-refractivity contribution is 0.879. The van der Waals surface area contributed by atoms with Gasteiger partial charge in [-0.2, -0.15) is 0 Å². The Balaban J connectivity index is 2.10. The van der Waals surface area contributed by atoms with Gasteiger partial charge in [0, 0.05) is 29.9 Å². The fraction of sp³-hybridized carbons (Fsp3) is 0.400. The van der Waals surface area contributed by atoms with E-state index in [0.29, 0.717) is 6.04 Å². The first-order valence-electron chi connectivity index (χ1n) is 6.44. The molecule has 0 amide bonds. The normalized spacial score (nSPS) is 12.3. The first-order chi connectivity index (χ1) is 8.97. The first-order valence-corrected chi connectivity index (χ1v) is 7.26. The minimum Gasteiger partial charge on any atom is -0.377 e.